The maximum Gasteiger partial charge on any atom is 0.290 e. The minimum Gasteiger partial charge on any atom is -0.492 e. The van der Waals surface area contributed by atoms with Crippen LogP contribution in [0.1, 0.15) is 23.2 Å². The van der Waals surface area contributed by atoms with Crippen LogP contribution in [0.15, 0.2) is 41.6 Å². The largest absolute Gasteiger partial charge is 0.492 e. The number of ether oxygens (including phenoxy) is 1. The molecule has 0 atom stereocenters. The number of hydrogen-bond acceptors (Lipinski definition) is 5. The van der Waals surface area contributed by atoms with Gasteiger partial charge in [0.2, 0.25) is 5.91 Å². The van der Waals surface area contributed by atoms with E-state index in [4.69, 9.17) is 27.9 Å². The molecule has 0 aliphatic rings. The first-order valence-electron chi connectivity index (χ1n) is 7.93. The lowest BCUT2D eigenvalue weighted by molar-refractivity contribution is -0.122. The Kier molecular flexibility index (Phi) is 8.75. The van der Waals surface area contributed by atoms with Crippen molar-refractivity contribution < 1.29 is 23.1 Å². The number of nitrogens with zero attached hydrogens (tertiary/aromatic N) is 1. The number of carbonyl (C=O) groups excluding carboxylic acids is 2. The third-order valence-corrected chi connectivity index (χ3v) is 4.49. The second-order valence-electron chi connectivity index (χ2n) is 5.26. The molecule has 0 unspecified atom stereocenters. The molecule has 0 spiro atoms. The zero-order valence-electron chi connectivity index (χ0n) is 14.3. The van der Waals surface area contributed by atoms with Crippen LogP contribution in [0.5, 0.6) is 5.75 Å². The molecule has 2 N–H and O–H groups in total. The van der Waals surface area contributed by atoms with E-state index in [1.807, 2.05) is 0 Å². The molecule has 1 aromatic heterocycles. The van der Waals surface area contributed by atoms with Crippen molar-refractivity contribution >= 4 is 46.8 Å². The Balaban J connectivity index is 1.74. The molecule has 2 aromatic rings. The average molecular weight is 450 g/mol. The highest BCUT2D eigenvalue weighted by Crippen LogP contribution is 2.28. The van der Waals surface area contributed by atoms with Gasteiger partial charge >= 0.3 is 0 Å². The van der Waals surface area contributed by atoms with Crippen molar-refractivity contribution in [1.29, 1.82) is 0 Å². The number of amides is 2. The van der Waals surface area contributed by atoms with Crippen molar-refractivity contribution in [3.63, 3.8) is 0 Å². The van der Waals surface area contributed by atoms with E-state index in [9.17, 15) is 18.4 Å². The number of aromatic nitrogens is 1. The summed E-state index contributed by atoms with van der Waals surface area (Å²) in [6, 6.07) is 7.56. The Morgan fingerprint density at radius 1 is 1.21 bits per heavy atom. The van der Waals surface area contributed by atoms with Gasteiger partial charge in [0.05, 0.1) is 17.2 Å². The van der Waals surface area contributed by atoms with Gasteiger partial charge in [-0.05, 0) is 48.5 Å². The predicted molar refractivity (Wildman–Crippen MR) is 103 cm³/mol. The molecule has 2 rings (SSSR count). The first kappa shape index (κ1) is 22.2. The molecule has 1 heterocycles. The van der Waals surface area contributed by atoms with Crippen LogP contribution in [-0.2, 0) is 4.79 Å². The number of benzene rings is 1. The number of hydrogen-bond donors (Lipinski definition) is 2. The van der Waals surface area contributed by atoms with E-state index >= 15 is 0 Å². The molecule has 0 aliphatic carbocycles. The summed E-state index contributed by atoms with van der Waals surface area (Å²) in [7, 11) is 0. The lowest BCUT2D eigenvalue weighted by Gasteiger charge is -2.10. The third-order valence-electron chi connectivity index (χ3n) is 3.23. The number of nitrogens with one attached hydrogen (secondary N) is 2. The fraction of sp³-hybridized carbons (Fsp3) is 0.235. The van der Waals surface area contributed by atoms with E-state index < -0.39 is 17.6 Å². The van der Waals surface area contributed by atoms with Gasteiger partial charge in [0.1, 0.15) is 10.8 Å². The Bertz CT molecular complexity index is 843. The number of pyridine rings is 1. The van der Waals surface area contributed by atoms with Gasteiger partial charge in [-0.1, -0.05) is 23.2 Å². The summed E-state index contributed by atoms with van der Waals surface area (Å²) in [5, 5.41) is 0.715. The second kappa shape index (κ2) is 11.0. The highest BCUT2D eigenvalue weighted by Gasteiger charge is 2.17. The van der Waals surface area contributed by atoms with Crippen LogP contribution >= 0.6 is 35.0 Å². The summed E-state index contributed by atoms with van der Waals surface area (Å²) in [5.41, 5.74) is 4.33. The van der Waals surface area contributed by atoms with Gasteiger partial charge in [-0.2, -0.15) is 8.78 Å². The quantitative estimate of drug-likeness (QED) is 0.356. The van der Waals surface area contributed by atoms with Gasteiger partial charge in [0.25, 0.3) is 11.7 Å². The highest BCUT2D eigenvalue weighted by molar-refractivity contribution is 7.99. The first-order chi connectivity index (χ1) is 13.4. The molecule has 0 saturated carbocycles. The fourth-order valence-electron chi connectivity index (χ4n) is 2.01. The van der Waals surface area contributed by atoms with E-state index in [0.29, 0.717) is 22.2 Å². The van der Waals surface area contributed by atoms with Crippen LogP contribution in [0, 0.1) is 0 Å². The van der Waals surface area contributed by atoms with Crippen LogP contribution in [-0.4, -0.2) is 29.2 Å². The summed E-state index contributed by atoms with van der Waals surface area (Å²) in [5.74, 6) is -3.48. The van der Waals surface area contributed by atoms with Crippen LogP contribution in [0.3, 0.4) is 0 Å². The second-order valence-corrected chi connectivity index (χ2v) is 7.09. The van der Waals surface area contributed by atoms with Crippen molar-refractivity contribution in [2.75, 3.05) is 6.61 Å². The molecule has 11 heteroatoms. The first-order valence-corrected chi connectivity index (χ1v) is 9.57. The highest BCUT2D eigenvalue weighted by atomic mass is 35.5. The summed E-state index contributed by atoms with van der Waals surface area (Å²) in [6.45, 7) is 0.223. The van der Waals surface area contributed by atoms with Gasteiger partial charge in [-0.15, -0.1) is 0 Å². The van der Waals surface area contributed by atoms with Crippen molar-refractivity contribution in [2.45, 2.75) is 23.6 Å². The number of alkyl halides is 2. The molecule has 0 bridgehead atoms. The van der Waals surface area contributed by atoms with Crippen molar-refractivity contribution in [2.24, 2.45) is 0 Å². The Labute approximate surface area is 173 Å². The molecule has 0 saturated heterocycles. The molecule has 0 fully saturated rings. The summed E-state index contributed by atoms with van der Waals surface area (Å²) in [6.07, 6.45) is 1.73. The molecule has 28 heavy (non-hydrogen) atoms. The lowest BCUT2D eigenvalue weighted by Crippen LogP contribution is -2.41. The van der Waals surface area contributed by atoms with Gasteiger partial charge in [0.15, 0.2) is 0 Å². The minimum absolute atomic E-state index is 0.0613. The van der Waals surface area contributed by atoms with Gasteiger partial charge < -0.3 is 4.74 Å². The lowest BCUT2D eigenvalue weighted by atomic mass is 10.3. The summed E-state index contributed by atoms with van der Waals surface area (Å²) >= 11 is 11.9. The molecule has 6 nitrogen and oxygen atoms in total. The molecule has 0 radical (unpaired) electrons. The van der Waals surface area contributed by atoms with Gasteiger partial charge in [-0.25, -0.2) is 4.98 Å². The van der Waals surface area contributed by atoms with Crippen LogP contribution in [0.2, 0.25) is 10.0 Å². The van der Waals surface area contributed by atoms with E-state index in [0.717, 1.165) is 0 Å². The third kappa shape index (κ3) is 7.14. The minimum atomic E-state index is -2.72. The Morgan fingerprint density at radius 3 is 2.71 bits per heavy atom. The van der Waals surface area contributed by atoms with Gasteiger partial charge in [-0.3, -0.25) is 20.4 Å². The zero-order chi connectivity index (χ0) is 20.5. The molecule has 1 aromatic carbocycles. The zero-order valence-corrected chi connectivity index (χ0v) is 16.6. The van der Waals surface area contributed by atoms with Crippen molar-refractivity contribution in [3.05, 3.63) is 52.1 Å². The molecule has 2 amide bonds. The van der Waals surface area contributed by atoms with Crippen molar-refractivity contribution in [3.8, 4) is 5.75 Å². The summed E-state index contributed by atoms with van der Waals surface area (Å²) < 4.78 is 30.5. The van der Waals surface area contributed by atoms with Crippen LogP contribution < -0.4 is 15.6 Å². The topological polar surface area (TPSA) is 80.3 Å². The number of hydrazine groups is 1. The van der Waals surface area contributed by atoms with E-state index in [-0.39, 0.29) is 35.4 Å². The number of thioether (sulfide) groups is 1. The molecule has 0 aliphatic heterocycles. The SMILES string of the molecule is O=C(CCCOc1ccc(Cl)cc1Cl)NNC(=O)c1cccnc1SC(F)F. The van der Waals surface area contributed by atoms with Gasteiger partial charge in [0, 0.05) is 17.6 Å². The standard InChI is InChI=1S/C17H15Cl2F2N3O3S/c18-10-5-6-13(12(19)9-10)27-8-2-4-14(25)23-24-15(26)11-3-1-7-22-16(11)28-17(20)21/h1,3,5-7,9,17H,2,4,8H2,(H,23,25)(H,24,26). The summed E-state index contributed by atoms with van der Waals surface area (Å²) in [4.78, 5) is 27.6. The van der Waals surface area contributed by atoms with E-state index in [2.05, 4.69) is 15.8 Å². The van der Waals surface area contributed by atoms with E-state index in [1.165, 1.54) is 18.3 Å². The molecular formula is C17H15Cl2F2N3O3S. The predicted octanol–water partition coefficient (Wildman–Crippen LogP) is 4.32. The van der Waals surface area contributed by atoms with Crippen LogP contribution in [0.25, 0.3) is 0 Å². The maximum absolute atomic E-state index is 12.5. The average Bonchev–Trinajstić information content (AvgIpc) is 2.64. The Hall–Kier alpha value is -2.10. The molecular weight excluding hydrogens is 435 g/mol. The van der Waals surface area contributed by atoms with Crippen LogP contribution in [0.4, 0.5) is 8.78 Å². The fourth-order valence-corrected chi connectivity index (χ4v) is 3.05. The normalized spacial score (nSPS) is 10.6. The maximum atomic E-state index is 12.5. The smallest absolute Gasteiger partial charge is 0.290 e. The van der Waals surface area contributed by atoms with E-state index in [1.54, 1.807) is 18.2 Å². The number of halogens is 4. The number of rotatable bonds is 8. The Morgan fingerprint density at radius 2 is 2.00 bits per heavy atom. The monoisotopic (exact) mass is 449 g/mol. The van der Waals surface area contributed by atoms with Crippen molar-refractivity contribution in [1.82, 2.24) is 15.8 Å². The molecule has 150 valence electrons. The number of carbonyl (C=O) groups is 2.